The maximum absolute atomic E-state index is 12.3. The SMILES string of the molecule is CCC(C)C(=O)Nc1ccc2[nH]c3c(c2c1)CC(NC(C)c1ccccc1)CC3. The summed E-state index contributed by atoms with van der Waals surface area (Å²) >= 11 is 0. The second-order valence-corrected chi connectivity index (χ2v) is 8.38. The second kappa shape index (κ2) is 8.42. The molecule has 3 unspecified atom stereocenters. The molecule has 0 spiro atoms. The Labute approximate surface area is 173 Å². The van der Waals surface area contributed by atoms with E-state index in [0.717, 1.165) is 36.9 Å². The van der Waals surface area contributed by atoms with E-state index in [-0.39, 0.29) is 11.8 Å². The molecule has 1 amide bonds. The third-order valence-corrected chi connectivity index (χ3v) is 6.30. The van der Waals surface area contributed by atoms with Gasteiger partial charge in [-0.2, -0.15) is 0 Å². The molecule has 3 N–H and O–H groups in total. The monoisotopic (exact) mass is 389 g/mol. The number of H-pyrrole nitrogens is 1. The van der Waals surface area contributed by atoms with E-state index in [1.54, 1.807) is 0 Å². The summed E-state index contributed by atoms with van der Waals surface area (Å²) in [7, 11) is 0. The molecule has 0 saturated carbocycles. The summed E-state index contributed by atoms with van der Waals surface area (Å²) in [5.41, 5.74) is 6.11. The molecule has 2 aromatic carbocycles. The first-order valence-corrected chi connectivity index (χ1v) is 10.8. The molecule has 1 aromatic heterocycles. The normalized spacial score (nSPS) is 18.2. The van der Waals surface area contributed by atoms with Crippen LogP contribution in [0.3, 0.4) is 0 Å². The molecule has 0 bridgehead atoms. The largest absolute Gasteiger partial charge is 0.358 e. The van der Waals surface area contributed by atoms with Crippen molar-refractivity contribution in [2.45, 2.75) is 58.5 Å². The minimum Gasteiger partial charge on any atom is -0.358 e. The second-order valence-electron chi connectivity index (χ2n) is 8.38. The van der Waals surface area contributed by atoms with Gasteiger partial charge >= 0.3 is 0 Å². The van der Waals surface area contributed by atoms with Crippen LogP contribution >= 0.6 is 0 Å². The zero-order chi connectivity index (χ0) is 20.4. The van der Waals surface area contributed by atoms with Crippen LogP contribution in [0.5, 0.6) is 0 Å². The van der Waals surface area contributed by atoms with Crippen LogP contribution in [0.25, 0.3) is 10.9 Å². The molecule has 0 saturated heterocycles. The van der Waals surface area contributed by atoms with Crippen molar-refractivity contribution in [2.24, 2.45) is 5.92 Å². The molecule has 1 aliphatic rings. The average molecular weight is 390 g/mol. The van der Waals surface area contributed by atoms with Crippen molar-refractivity contribution in [3.8, 4) is 0 Å². The summed E-state index contributed by atoms with van der Waals surface area (Å²) in [6.45, 7) is 6.25. The van der Waals surface area contributed by atoms with Crippen LogP contribution in [0.4, 0.5) is 5.69 Å². The summed E-state index contributed by atoms with van der Waals surface area (Å²) in [5, 5.41) is 8.13. The number of hydrogen-bond donors (Lipinski definition) is 3. The van der Waals surface area contributed by atoms with E-state index in [0.29, 0.717) is 12.1 Å². The minimum atomic E-state index is 0.0268. The third kappa shape index (κ3) is 4.23. The van der Waals surface area contributed by atoms with Gasteiger partial charge in [-0.1, -0.05) is 44.2 Å². The number of benzene rings is 2. The molecule has 0 fully saturated rings. The lowest BCUT2D eigenvalue weighted by atomic mass is 9.90. The number of fused-ring (bicyclic) bond motifs is 3. The molecule has 0 aliphatic heterocycles. The van der Waals surface area contributed by atoms with Crippen molar-refractivity contribution in [2.75, 3.05) is 5.32 Å². The highest BCUT2D eigenvalue weighted by Gasteiger charge is 2.24. The Morgan fingerprint density at radius 2 is 1.97 bits per heavy atom. The maximum Gasteiger partial charge on any atom is 0.227 e. The lowest BCUT2D eigenvalue weighted by Crippen LogP contribution is -2.36. The third-order valence-electron chi connectivity index (χ3n) is 6.30. The van der Waals surface area contributed by atoms with E-state index in [1.165, 1.54) is 22.2 Å². The fraction of sp³-hybridized carbons (Fsp3) is 0.400. The summed E-state index contributed by atoms with van der Waals surface area (Å²) in [6, 6.07) is 17.6. The number of aromatic nitrogens is 1. The zero-order valence-electron chi connectivity index (χ0n) is 17.6. The van der Waals surface area contributed by atoms with Gasteiger partial charge in [0.05, 0.1) is 0 Å². The van der Waals surface area contributed by atoms with Crippen molar-refractivity contribution in [1.29, 1.82) is 0 Å². The Morgan fingerprint density at radius 1 is 1.17 bits per heavy atom. The van der Waals surface area contributed by atoms with E-state index < -0.39 is 0 Å². The van der Waals surface area contributed by atoms with Crippen LogP contribution in [0, 0.1) is 5.92 Å². The Balaban J connectivity index is 1.52. The fourth-order valence-corrected chi connectivity index (χ4v) is 4.28. The molecular weight excluding hydrogens is 358 g/mol. The van der Waals surface area contributed by atoms with Crippen LogP contribution in [0.2, 0.25) is 0 Å². The van der Waals surface area contributed by atoms with Gasteiger partial charge in [0.25, 0.3) is 0 Å². The predicted octanol–water partition coefficient (Wildman–Crippen LogP) is 5.36. The van der Waals surface area contributed by atoms with Gasteiger partial charge in [0, 0.05) is 40.3 Å². The van der Waals surface area contributed by atoms with Gasteiger partial charge in [0.2, 0.25) is 5.91 Å². The first-order valence-electron chi connectivity index (χ1n) is 10.8. The molecular formula is C25H31N3O. The fourth-order valence-electron chi connectivity index (χ4n) is 4.28. The van der Waals surface area contributed by atoms with Gasteiger partial charge in [-0.15, -0.1) is 0 Å². The number of carbonyl (C=O) groups excluding carboxylic acids is 1. The summed E-state index contributed by atoms with van der Waals surface area (Å²) in [4.78, 5) is 15.9. The molecule has 4 rings (SSSR count). The van der Waals surface area contributed by atoms with Crippen LogP contribution in [0.15, 0.2) is 48.5 Å². The van der Waals surface area contributed by atoms with E-state index in [1.807, 2.05) is 19.9 Å². The number of hydrogen-bond acceptors (Lipinski definition) is 2. The highest BCUT2D eigenvalue weighted by atomic mass is 16.1. The molecule has 152 valence electrons. The Hall–Kier alpha value is -2.59. The average Bonchev–Trinajstić information content (AvgIpc) is 3.11. The van der Waals surface area contributed by atoms with Crippen molar-refractivity contribution >= 4 is 22.5 Å². The van der Waals surface area contributed by atoms with Gasteiger partial charge < -0.3 is 15.6 Å². The molecule has 0 radical (unpaired) electrons. The number of aromatic amines is 1. The van der Waals surface area contributed by atoms with Gasteiger partial charge in [-0.25, -0.2) is 0 Å². The number of nitrogens with one attached hydrogen (secondary N) is 3. The minimum absolute atomic E-state index is 0.0268. The quantitative estimate of drug-likeness (QED) is 0.531. The number of aryl methyl sites for hydroxylation is 1. The van der Waals surface area contributed by atoms with Crippen molar-refractivity contribution in [1.82, 2.24) is 10.3 Å². The molecule has 4 nitrogen and oxygen atoms in total. The smallest absolute Gasteiger partial charge is 0.227 e. The van der Waals surface area contributed by atoms with E-state index in [2.05, 4.69) is 65.0 Å². The topological polar surface area (TPSA) is 56.9 Å². The number of rotatable bonds is 6. The lowest BCUT2D eigenvalue weighted by molar-refractivity contribution is -0.119. The van der Waals surface area contributed by atoms with Crippen molar-refractivity contribution in [3.63, 3.8) is 0 Å². The van der Waals surface area contributed by atoms with Gasteiger partial charge in [0.1, 0.15) is 0 Å². The molecule has 3 atom stereocenters. The van der Waals surface area contributed by atoms with Gasteiger partial charge in [-0.05, 0) is 61.9 Å². The predicted molar refractivity (Wildman–Crippen MR) is 120 cm³/mol. The molecule has 29 heavy (non-hydrogen) atoms. The Kier molecular flexibility index (Phi) is 5.72. The van der Waals surface area contributed by atoms with Crippen LogP contribution in [-0.2, 0) is 17.6 Å². The van der Waals surface area contributed by atoms with E-state index in [9.17, 15) is 4.79 Å². The van der Waals surface area contributed by atoms with Crippen LogP contribution in [0.1, 0.15) is 56.5 Å². The number of anilines is 1. The first kappa shape index (κ1) is 19.7. The molecule has 1 aliphatic carbocycles. The van der Waals surface area contributed by atoms with Gasteiger partial charge in [0.15, 0.2) is 0 Å². The van der Waals surface area contributed by atoms with Gasteiger partial charge in [-0.3, -0.25) is 4.79 Å². The first-order chi connectivity index (χ1) is 14.0. The molecule has 1 heterocycles. The van der Waals surface area contributed by atoms with Crippen molar-refractivity contribution < 1.29 is 4.79 Å². The molecule has 4 heteroatoms. The van der Waals surface area contributed by atoms with Crippen molar-refractivity contribution in [3.05, 3.63) is 65.4 Å². The Bertz CT molecular complexity index is 992. The highest BCUT2D eigenvalue weighted by molar-refractivity contribution is 5.96. The van der Waals surface area contributed by atoms with E-state index in [4.69, 9.17) is 0 Å². The number of amides is 1. The maximum atomic E-state index is 12.3. The summed E-state index contributed by atoms with van der Waals surface area (Å²) in [6.07, 6.45) is 4.04. The Morgan fingerprint density at radius 3 is 2.72 bits per heavy atom. The lowest BCUT2D eigenvalue weighted by Gasteiger charge is -2.27. The summed E-state index contributed by atoms with van der Waals surface area (Å²) < 4.78 is 0. The van der Waals surface area contributed by atoms with Crippen LogP contribution in [-0.4, -0.2) is 16.9 Å². The van der Waals surface area contributed by atoms with Crippen LogP contribution < -0.4 is 10.6 Å². The standard InChI is InChI=1S/C25H31N3O/c1-4-16(2)25(29)27-20-11-13-24-22(15-20)21-14-19(10-12-23(21)28-24)26-17(3)18-8-6-5-7-9-18/h5-9,11,13,15-17,19,26,28H,4,10,12,14H2,1-3H3,(H,27,29). The van der Waals surface area contributed by atoms with E-state index >= 15 is 0 Å². The number of carbonyl (C=O) groups is 1. The summed E-state index contributed by atoms with van der Waals surface area (Å²) in [5.74, 6) is 0.117. The zero-order valence-corrected chi connectivity index (χ0v) is 17.6. The highest BCUT2D eigenvalue weighted by Crippen LogP contribution is 2.32. The molecule has 3 aromatic rings.